The largest absolute Gasteiger partial charge is 0.495 e. The smallest absolute Gasteiger partial charge is 0.332 e. The van der Waals surface area contributed by atoms with Crippen LogP contribution >= 0.6 is 0 Å². The van der Waals surface area contributed by atoms with E-state index in [1.54, 1.807) is 18.6 Å². The summed E-state index contributed by atoms with van der Waals surface area (Å²) in [5.41, 5.74) is 2.36. The second kappa shape index (κ2) is 8.10. The van der Waals surface area contributed by atoms with Gasteiger partial charge in [0, 0.05) is 25.9 Å². The van der Waals surface area contributed by atoms with Crippen LogP contribution < -0.4 is 16.0 Å². The Kier molecular flexibility index (Phi) is 5.10. The van der Waals surface area contributed by atoms with E-state index in [0.717, 1.165) is 16.9 Å². The predicted octanol–water partition coefficient (Wildman–Crippen LogP) is 2.46. The van der Waals surface area contributed by atoms with E-state index in [4.69, 9.17) is 14.5 Å². The summed E-state index contributed by atoms with van der Waals surface area (Å²) in [7, 11) is 4.76. The molecule has 0 aliphatic carbocycles. The molecule has 0 aliphatic rings. The van der Waals surface area contributed by atoms with Crippen LogP contribution in [0.4, 0.5) is 0 Å². The van der Waals surface area contributed by atoms with Gasteiger partial charge < -0.3 is 9.47 Å². The fourth-order valence-electron chi connectivity index (χ4n) is 4.14. The number of fused-ring (bicyclic) bond motifs is 3. The third-order valence-corrected chi connectivity index (χ3v) is 5.76. The lowest BCUT2D eigenvalue weighted by molar-refractivity contribution is 0.184. The van der Waals surface area contributed by atoms with Gasteiger partial charge in [-0.1, -0.05) is 42.5 Å². The molecule has 5 rings (SSSR count). The van der Waals surface area contributed by atoms with Crippen molar-refractivity contribution in [1.82, 2.24) is 23.1 Å². The standard InChI is InChI=1S/C24H23N5O4/c1-26-21-20(22(30)27(24(26)31)13-14-32-2)28-15-18(16-9-5-4-6-10-16)29(23(28)25-21)17-11-7-8-12-19(17)33-3/h4-12,15H,13-14H2,1-3H3. The van der Waals surface area contributed by atoms with Gasteiger partial charge in [-0.15, -0.1) is 0 Å². The van der Waals surface area contributed by atoms with E-state index in [1.807, 2.05) is 65.4 Å². The highest BCUT2D eigenvalue weighted by Crippen LogP contribution is 2.32. The van der Waals surface area contributed by atoms with Crippen LogP contribution in [-0.2, 0) is 18.3 Å². The Morgan fingerprint density at radius 1 is 0.970 bits per heavy atom. The van der Waals surface area contributed by atoms with Crippen LogP contribution in [-0.4, -0.2) is 43.9 Å². The Bertz CT molecular complexity index is 1590. The topological polar surface area (TPSA) is 84.7 Å². The first-order chi connectivity index (χ1) is 16.1. The summed E-state index contributed by atoms with van der Waals surface area (Å²) < 4.78 is 17.0. The molecular weight excluding hydrogens is 422 g/mol. The molecule has 0 unspecified atom stereocenters. The van der Waals surface area contributed by atoms with Crippen LogP contribution in [0.3, 0.4) is 0 Å². The molecule has 0 fully saturated rings. The summed E-state index contributed by atoms with van der Waals surface area (Å²) in [5, 5.41) is 0. The fraction of sp³-hybridized carbons (Fsp3) is 0.208. The Morgan fingerprint density at radius 3 is 2.42 bits per heavy atom. The molecule has 0 saturated carbocycles. The van der Waals surface area contributed by atoms with Crippen LogP contribution in [0.15, 0.2) is 70.4 Å². The third-order valence-electron chi connectivity index (χ3n) is 5.76. The average Bonchev–Trinajstić information content (AvgIpc) is 3.39. The minimum Gasteiger partial charge on any atom is -0.495 e. The molecule has 9 heteroatoms. The highest BCUT2D eigenvalue weighted by molar-refractivity contribution is 5.80. The highest BCUT2D eigenvalue weighted by atomic mass is 16.5. The first-order valence-electron chi connectivity index (χ1n) is 10.5. The second-order valence-corrected chi connectivity index (χ2v) is 7.63. The maximum atomic E-state index is 13.4. The molecule has 0 N–H and O–H groups in total. The van der Waals surface area contributed by atoms with Gasteiger partial charge >= 0.3 is 5.69 Å². The summed E-state index contributed by atoms with van der Waals surface area (Å²) in [5.74, 6) is 1.16. The summed E-state index contributed by atoms with van der Waals surface area (Å²) >= 11 is 0. The van der Waals surface area contributed by atoms with Crippen molar-refractivity contribution in [2.45, 2.75) is 6.54 Å². The van der Waals surface area contributed by atoms with Crippen molar-refractivity contribution < 1.29 is 9.47 Å². The molecule has 0 radical (unpaired) electrons. The van der Waals surface area contributed by atoms with Crippen molar-refractivity contribution >= 4 is 16.9 Å². The number of methoxy groups -OCH3 is 2. The zero-order valence-electron chi connectivity index (χ0n) is 18.6. The van der Waals surface area contributed by atoms with E-state index < -0.39 is 11.2 Å². The number of ether oxygens (including phenoxy) is 2. The summed E-state index contributed by atoms with van der Waals surface area (Å²) in [4.78, 5) is 31.0. The van der Waals surface area contributed by atoms with Crippen molar-refractivity contribution in [3.8, 4) is 22.7 Å². The van der Waals surface area contributed by atoms with E-state index in [1.165, 1.54) is 16.2 Å². The summed E-state index contributed by atoms with van der Waals surface area (Å²) in [6, 6.07) is 17.5. The highest BCUT2D eigenvalue weighted by Gasteiger charge is 2.23. The van der Waals surface area contributed by atoms with Crippen LogP contribution in [0.2, 0.25) is 0 Å². The number of rotatable bonds is 6. The van der Waals surface area contributed by atoms with Crippen LogP contribution in [0.25, 0.3) is 33.9 Å². The Labute approximate surface area is 188 Å². The maximum Gasteiger partial charge on any atom is 0.332 e. The van der Waals surface area contributed by atoms with E-state index in [2.05, 4.69) is 0 Å². The van der Waals surface area contributed by atoms with Gasteiger partial charge in [-0.25, -0.2) is 4.79 Å². The molecule has 0 saturated heterocycles. The molecule has 33 heavy (non-hydrogen) atoms. The molecule has 9 nitrogen and oxygen atoms in total. The zero-order chi connectivity index (χ0) is 23.1. The van der Waals surface area contributed by atoms with E-state index in [-0.39, 0.29) is 13.2 Å². The summed E-state index contributed by atoms with van der Waals surface area (Å²) in [6.07, 6.45) is 1.87. The van der Waals surface area contributed by atoms with Gasteiger partial charge in [0.25, 0.3) is 5.56 Å². The Morgan fingerprint density at radius 2 is 1.70 bits per heavy atom. The van der Waals surface area contributed by atoms with Gasteiger partial charge in [-0.05, 0) is 12.1 Å². The molecule has 2 aromatic carbocycles. The van der Waals surface area contributed by atoms with Crippen LogP contribution in [0.1, 0.15) is 0 Å². The lowest BCUT2D eigenvalue weighted by Gasteiger charge is -2.13. The summed E-state index contributed by atoms with van der Waals surface area (Å²) in [6.45, 7) is 0.407. The number of hydrogen-bond acceptors (Lipinski definition) is 5. The lowest BCUT2D eigenvalue weighted by atomic mass is 10.1. The quantitative estimate of drug-likeness (QED) is 0.401. The monoisotopic (exact) mass is 445 g/mol. The first-order valence-corrected chi connectivity index (χ1v) is 10.5. The van der Waals surface area contributed by atoms with Gasteiger partial charge in [0.15, 0.2) is 11.2 Å². The number of aromatic nitrogens is 5. The van der Waals surface area contributed by atoms with Crippen LogP contribution in [0.5, 0.6) is 5.75 Å². The van der Waals surface area contributed by atoms with Gasteiger partial charge in [-0.3, -0.25) is 22.9 Å². The van der Waals surface area contributed by atoms with Crippen molar-refractivity contribution in [1.29, 1.82) is 0 Å². The van der Waals surface area contributed by atoms with Crippen LogP contribution in [0, 0.1) is 0 Å². The number of hydrogen-bond donors (Lipinski definition) is 0. The molecule has 3 aromatic heterocycles. The molecule has 5 aromatic rings. The van der Waals surface area contributed by atoms with E-state index >= 15 is 0 Å². The van der Waals surface area contributed by atoms with Crippen molar-refractivity contribution in [2.24, 2.45) is 7.05 Å². The molecule has 0 aliphatic heterocycles. The number of nitrogens with zero attached hydrogens (tertiary/aromatic N) is 5. The first kappa shape index (κ1) is 20.8. The van der Waals surface area contributed by atoms with Gasteiger partial charge in [-0.2, -0.15) is 4.98 Å². The average molecular weight is 445 g/mol. The van der Waals surface area contributed by atoms with E-state index in [9.17, 15) is 9.59 Å². The molecule has 0 amide bonds. The zero-order valence-corrected chi connectivity index (χ0v) is 18.6. The van der Waals surface area contributed by atoms with Crippen molar-refractivity contribution in [3.63, 3.8) is 0 Å². The fourth-order valence-corrected chi connectivity index (χ4v) is 4.14. The molecule has 0 atom stereocenters. The SMILES string of the molecule is COCCn1c(=O)c2c(nc3n(-c4ccccc4OC)c(-c4ccccc4)cn23)n(C)c1=O. The minimum atomic E-state index is -0.433. The lowest BCUT2D eigenvalue weighted by Crippen LogP contribution is -2.40. The number of imidazole rings is 2. The second-order valence-electron chi connectivity index (χ2n) is 7.63. The number of para-hydroxylation sites is 2. The molecule has 3 heterocycles. The predicted molar refractivity (Wildman–Crippen MR) is 125 cm³/mol. The Balaban J connectivity index is 1.93. The molecular formula is C24H23N5O4. The number of aryl methyl sites for hydroxylation is 1. The van der Waals surface area contributed by atoms with Crippen molar-refractivity contribution in [2.75, 3.05) is 20.8 Å². The maximum absolute atomic E-state index is 13.4. The molecule has 168 valence electrons. The minimum absolute atomic E-state index is 0.157. The number of benzene rings is 2. The van der Waals surface area contributed by atoms with Gasteiger partial charge in [0.1, 0.15) is 5.75 Å². The van der Waals surface area contributed by atoms with Gasteiger partial charge in [0.2, 0.25) is 5.78 Å². The Hall–Kier alpha value is -4.11. The third kappa shape index (κ3) is 3.16. The molecule has 0 spiro atoms. The van der Waals surface area contributed by atoms with E-state index in [0.29, 0.717) is 22.7 Å². The van der Waals surface area contributed by atoms with Gasteiger partial charge in [0.05, 0.1) is 31.6 Å². The van der Waals surface area contributed by atoms with Crippen molar-refractivity contribution in [3.05, 3.63) is 81.6 Å². The normalized spacial score (nSPS) is 11.5. The molecule has 0 bridgehead atoms.